The van der Waals surface area contributed by atoms with Gasteiger partial charge in [-0.25, -0.2) is 0 Å². The Kier molecular flexibility index (Phi) is 3.57. The zero-order valence-corrected chi connectivity index (χ0v) is 9.26. The molecule has 5 heteroatoms. The van der Waals surface area contributed by atoms with Crippen molar-refractivity contribution in [1.82, 2.24) is 5.32 Å². The number of alkyl halides is 3. The molecule has 0 aromatic heterocycles. The van der Waals surface area contributed by atoms with E-state index in [0.29, 0.717) is 6.61 Å². The maximum Gasteiger partial charge on any atom is 0.416 e. The second-order valence-corrected chi connectivity index (χ2v) is 4.13. The van der Waals surface area contributed by atoms with Gasteiger partial charge in [0.1, 0.15) is 12.4 Å². The van der Waals surface area contributed by atoms with Crippen molar-refractivity contribution in [2.75, 3.05) is 13.2 Å². The van der Waals surface area contributed by atoms with Crippen LogP contribution in [0, 0.1) is 0 Å². The maximum atomic E-state index is 12.4. The molecule has 1 fully saturated rings. The van der Waals surface area contributed by atoms with Crippen LogP contribution in [0.5, 0.6) is 5.75 Å². The van der Waals surface area contributed by atoms with Crippen LogP contribution in [0.4, 0.5) is 13.2 Å². The molecule has 1 heterocycles. The van der Waals surface area contributed by atoms with Gasteiger partial charge in [-0.1, -0.05) is 6.07 Å². The lowest BCUT2D eigenvalue weighted by Crippen LogP contribution is -2.28. The Hall–Kier alpha value is -1.23. The van der Waals surface area contributed by atoms with Crippen molar-refractivity contribution in [3.8, 4) is 5.75 Å². The summed E-state index contributed by atoms with van der Waals surface area (Å²) in [5, 5.41) is 3.22. The number of nitrogens with one attached hydrogen (secondary N) is 1. The third kappa shape index (κ3) is 3.36. The minimum Gasteiger partial charge on any atom is -0.492 e. The van der Waals surface area contributed by atoms with Gasteiger partial charge in [-0.05, 0) is 37.6 Å². The maximum absolute atomic E-state index is 12.4. The molecule has 0 amide bonds. The molecule has 0 unspecified atom stereocenters. The summed E-state index contributed by atoms with van der Waals surface area (Å²) < 4.78 is 42.7. The minimum atomic E-state index is -4.31. The van der Waals surface area contributed by atoms with Crippen molar-refractivity contribution in [3.63, 3.8) is 0 Å². The number of halogens is 3. The van der Waals surface area contributed by atoms with Crippen molar-refractivity contribution < 1.29 is 17.9 Å². The Morgan fingerprint density at radius 3 is 2.82 bits per heavy atom. The average molecular weight is 245 g/mol. The van der Waals surface area contributed by atoms with Gasteiger partial charge in [0.2, 0.25) is 0 Å². The second-order valence-electron chi connectivity index (χ2n) is 4.13. The van der Waals surface area contributed by atoms with Crippen molar-refractivity contribution in [2.45, 2.75) is 25.1 Å². The number of hydrogen-bond acceptors (Lipinski definition) is 2. The lowest BCUT2D eigenvalue weighted by molar-refractivity contribution is -0.137. The van der Waals surface area contributed by atoms with E-state index in [9.17, 15) is 13.2 Å². The minimum absolute atomic E-state index is 0.254. The van der Waals surface area contributed by atoms with Crippen LogP contribution in [0.3, 0.4) is 0 Å². The highest BCUT2D eigenvalue weighted by Crippen LogP contribution is 2.31. The fourth-order valence-electron chi connectivity index (χ4n) is 1.86. The van der Waals surface area contributed by atoms with E-state index in [-0.39, 0.29) is 11.8 Å². The highest BCUT2D eigenvalue weighted by Gasteiger charge is 2.30. The van der Waals surface area contributed by atoms with E-state index >= 15 is 0 Å². The summed E-state index contributed by atoms with van der Waals surface area (Å²) in [5.74, 6) is 0.272. The summed E-state index contributed by atoms with van der Waals surface area (Å²) in [6, 6.07) is 5.24. The smallest absolute Gasteiger partial charge is 0.416 e. The molecule has 1 aliphatic rings. The van der Waals surface area contributed by atoms with Crippen LogP contribution in [0.25, 0.3) is 0 Å². The predicted octanol–water partition coefficient (Wildman–Crippen LogP) is 2.84. The van der Waals surface area contributed by atoms with Crippen LogP contribution in [0.2, 0.25) is 0 Å². The fraction of sp³-hybridized carbons (Fsp3) is 0.500. The average Bonchev–Trinajstić information content (AvgIpc) is 2.78. The largest absolute Gasteiger partial charge is 0.492 e. The third-order valence-electron chi connectivity index (χ3n) is 2.77. The lowest BCUT2D eigenvalue weighted by Gasteiger charge is -2.13. The molecule has 1 aromatic carbocycles. The first kappa shape index (κ1) is 12.2. The molecule has 0 radical (unpaired) electrons. The number of hydrogen-bond donors (Lipinski definition) is 1. The van der Waals surface area contributed by atoms with E-state index in [2.05, 4.69) is 5.32 Å². The van der Waals surface area contributed by atoms with Crippen LogP contribution in [0.15, 0.2) is 24.3 Å². The van der Waals surface area contributed by atoms with E-state index in [4.69, 9.17) is 4.74 Å². The van der Waals surface area contributed by atoms with Crippen LogP contribution < -0.4 is 10.1 Å². The number of ether oxygens (including phenoxy) is 1. The molecule has 1 saturated heterocycles. The molecule has 1 N–H and O–H groups in total. The van der Waals surface area contributed by atoms with Gasteiger partial charge in [-0.2, -0.15) is 13.2 Å². The van der Waals surface area contributed by atoms with E-state index in [1.165, 1.54) is 6.07 Å². The third-order valence-corrected chi connectivity index (χ3v) is 2.77. The quantitative estimate of drug-likeness (QED) is 0.884. The Morgan fingerprint density at radius 2 is 2.18 bits per heavy atom. The summed E-state index contributed by atoms with van der Waals surface area (Å²) in [5.41, 5.74) is -0.672. The molecule has 2 nitrogen and oxygen atoms in total. The first-order chi connectivity index (χ1) is 8.05. The molecule has 1 aliphatic heterocycles. The molecule has 0 saturated carbocycles. The van der Waals surface area contributed by atoms with Gasteiger partial charge in [-0.15, -0.1) is 0 Å². The molecule has 0 spiro atoms. The van der Waals surface area contributed by atoms with Gasteiger partial charge < -0.3 is 10.1 Å². The molecule has 0 bridgehead atoms. The normalized spacial score (nSPS) is 20.5. The molecule has 17 heavy (non-hydrogen) atoms. The Morgan fingerprint density at radius 1 is 1.35 bits per heavy atom. The van der Waals surface area contributed by atoms with Gasteiger partial charge >= 0.3 is 6.18 Å². The fourth-order valence-corrected chi connectivity index (χ4v) is 1.86. The Balaban J connectivity index is 1.96. The van der Waals surface area contributed by atoms with E-state index in [1.807, 2.05) is 0 Å². The van der Waals surface area contributed by atoms with Crippen molar-refractivity contribution in [2.24, 2.45) is 0 Å². The van der Waals surface area contributed by atoms with Crippen LogP contribution in [-0.4, -0.2) is 19.2 Å². The molecule has 1 atom stereocenters. The lowest BCUT2D eigenvalue weighted by atomic mass is 10.2. The highest BCUT2D eigenvalue weighted by molar-refractivity contribution is 5.30. The summed E-state index contributed by atoms with van der Waals surface area (Å²) in [6.45, 7) is 1.37. The summed E-state index contributed by atoms with van der Waals surface area (Å²) in [6.07, 6.45) is -2.21. The number of benzene rings is 1. The van der Waals surface area contributed by atoms with Gasteiger partial charge in [-0.3, -0.25) is 0 Å². The van der Waals surface area contributed by atoms with E-state index in [0.717, 1.165) is 31.5 Å². The molecule has 2 rings (SSSR count). The molecular weight excluding hydrogens is 231 g/mol. The zero-order valence-electron chi connectivity index (χ0n) is 9.26. The molecule has 94 valence electrons. The standard InChI is InChI=1S/C12H14F3NO/c13-12(14,15)9-3-1-5-11(7-9)17-8-10-4-2-6-16-10/h1,3,5,7,10,16H,2,4,6,8H2/t10-/m1/s1. The molecule has 0 aliphatic carbocycles. The van der Waals surface area contributed by atoms with Gasteiger partial charge in [0, 0.05) is 6.04 Å². The van der Waals surface area contributed by atoms with Crippen molar-refractivity contribution in [3.05, 3.63) is 29.8 Å². The molecular formula is C12H14F3NO. The van der Waals surface area contributed by atoms with Crippen LogP contribution in [0.1, 0.15) is 18.4 Å². The number of rotatable bonds is 3. The van der Waals surface area contributed by atoms with Gasteiger partial charge in [0.05, 0.1) is 5.56 Å². The van der Waals surface area contributed by atoms with E-state index < -0.39 is 11.7 Å². The van der Waals surface area contributed by atoms with Gasteiger partial charge in [0.15, 0.2) is 0 Å². The summed E-state index contributed by atoms with van der Waals surface area (Å²) in [7, 11) is 0. The Labute approximate surface area is 97.8 Å². The van der Waals surface area contributed by atoms with Crippen molar-refractivity contribution >= 4 is 0 Å². The SMILES string of the molecule is FC(F)(F)c1cccc(OC[C@H]2CCCN2)c1. The first-order valence-electron chi connectivity index (χ1n) is 5.59. The monoisotopic (exact) mass is 245 g/mol. The summed E-state index contributed by atoms with van der Waals surface area (Å²) >= 11 is 0. The van der Waals surface area contributed by atoms with Crippen LogP contribution >= 0.6 is 0 Å². The predicted molar refractivity (Wildman–Crippen MR) is 58.0 cm³/mol. The highest BCUT2D eigenvalue weighted by atomic mass is 19.4. The van der Waals surface area contributed by atoms with E-state index in [1.54, 1.807) is 6.07 Å². The van der Waals surface area contributed by atoms with Crippen molar-refractivity contribution in [1.29, 1.82) is 0 Å². The second kappa shape index (κ2) is 4.96. The van der Waals surface area contributed by atoms with Crippen LogP contribution in [-0.2, 0) is 6.18 Å². The summed E-state index contributed by atoms with van der Waals surface area (Å²) in [4.78, 5) is 0. The van der Waals surface area contributed by atoms with Gasteiger partial charge in [0.25, 0.3) is 0 Å². The zero-order chi connectivity index (χ0) is 12.3. The topological polar surface area (TPSA) is 21.3 Å². The Bertz CT molecular complexity index is 372. The molecule has 1 aromatic rings. The first-order valence-corrected chi connectivity index (χ1v) is 5.59.